The highest BCUT2D eigenvalue weighted by Gasteiger charge is 2.29. The lowest BCUT2D eigenvalue weighted by atomic mass is 9.87. The summed E-state index contributed by atoms with van der Waals surface area (Å²) >= 11 is 0. The van der Waals surface area contributed by atoms with Crippen molar-refractivity contribution in [3.05, 3.63) is 0 Å². The van der Waals surface area contributed by atoms with Crippen molar-refractivity contribution in [1.82, 2.24) is 4.90 Å². The van der Waals surface area contributed by atoms with Gasteiger partial charge in [0.1, 0.15) is 5.78 Å². The Morgan fingerprint density at radius 3 is 2.87 bits per heavy atom. The zero-order valence-electron chi connectivity index (χ0n) is 9.87. The molecule has 2 nitrogen and oxygen atoms in total. The number of hydrogen-bond donors (Lipinski definition) is 0. The van der Waals surface area contributed by atoms with Crippen molar-refractivity contribution in [1.29, 1.82) is 0 Å². The van der Waals surface area contributed by atoms with Crippen LogP contribution in [0, 0.1) is 5.92 Å². The van der Waals surface area contributed by atoms with Gasteiger partial charge in [-0.1, -0.05) is 13.3 Å². The standard InChI is InChI=1S/C13H23NO/c1-2-12-7-5-9-14(12)10-11-6-3-4-8-13(11)15/h11-12H,2-10H2,1H3. The van der Waals surface area contributed by atoms with E-state index in [0.717, 1.165) is 31.8 Å². The highest BCUT2D eigenvalue weighted by Crippen LogP contribution is 2.26. The number of likely N-dealkylation sites (tertiary alicyclic amines) is 1. The summed E-state index contributed by atoms with van der Waals surface area (Å²) in [7, 11) is 0. The van der Waals surface area contributed by atoms with E-state index in [1.807, 2.05) is 0 Å². The Morgan fingerprint density at radius 1 is 1.27 bits per heavy atom. The second-order valence-electron chi connectivity index (χ2n) is 5.11. The SMILES string of the molecule is CCC1CCCN1CC1CCCCC1=O. The molecule has 0 aromatic carbocycles. The third kappa shape index (κ3) is 2.60. The molecule has 1 saturated carbocycles. The Hall–Kier alpha value is -0.370. The van der Waals surface area contributed by atoms with Crippen LogP contribution in [0.15, 0.2) is 0 Å². The summed E-state index contributed by atoms with van der Waals surface area (Å²) in [6.45, 7) is 4.55. The number of carbonyl (C=O) groups excluding carboxylic acids is 1. The number of ketones is 1. The third-order valence-electron chi connectivity index (χ3n) is 4.11. The first kappa shape index (κ1) is 11.1. The van der Waals surface area contributed by atoms with Crippen molar-refractivity contribution in [2.45, 2.75) is 57.9 Å². The summed E-state index contributed by atoms with van der Waals surface area (Å²) in [5.74, 6) is 0.897. The van der Waals surface area contributed by atoms with Gasteiger partial charge in [-0.05, 0) is 38.6 Å². The van der Waals surface area contributed by atoms with Gasteiger partial charge in [0.05, 0.1) is 0 Å². The maximum atomic E-state index is 11.8. The zero-order valence-corrected chi connectivity index (χ0v) is 9.87. The largest absolute Gasteiger partial charge is 0.300 e. The molecule has 0 bridgehead atoms. The normalized spacial score (nSPS) is 33.5. The van der Waals surface area contributed by atoms with E-state index in [-0.39, 0.29) is 0 Å². The van der Waals surface area contributed by atoms with E-state index >= 15 is 0 Å². The number of hydrogen-bond acceptors (Lipinski definition) is 2. The quantitative estimate of drug-likeness (QED) is 0.712. The molecule has 0 radical (unpaired) electrons. The minimum absolute atomic E-state index is 0.367. The highest BCUT2D eigenvalue weighted by atomic mass is 16.1. The molecule has 2 aliphatic rings. The average Bonchev–Trinajstić information content (AvgIpc) is 2.69. The van der Waals surface area contributed by atoms with E-state index in [2.05, 4.69) is 11.8 Å². The summed E-state index contributed by atoms with van der Waals surface area (Å²) in [6, 6.07) is 0.764. The van der Waals surface area contributed by atoms with Gasteiger partial charge < -0.3 is 0 Å². The van der Waals surface area contributed by atoms with Crippen LogP contribution in [0.25, 0.3) is 0 Å². The van der Waals surface area contributed by atoms with Crippen LogP contribution in [0.5, 0.6) is 0 Å². The van der Waals surface area contributed by atoms with E-state index in [1.54, 1.807) is 0 Å². The third-order valence-corrected chi connectivity index (χ3v) is 4.11. The fraction of sp³-hybridized carbons (Fsp3) is 0.923. The molecule has 15 heavy (non-hydrogen) atoms. The maximum absolute atomic E-state index is 11.8. The second kappa shape index (κ2) is 5.11. The first-order chi connectivity index (χ1) is 7.31. The predicted octanol–water partition coefficient (Wildman–Crippen LogP) is 2.62. The number of nitrogens with zero attached hydrogens (tertiary/aromatic N) is 1. The molecule has 1 aliphatic heterocycles. The van der Waals surface area contributed by atoms with Gasteiger partial charge in [0, 0.05) is 24.9 Å². The van der Waals surface area contributed by atoms with Crippen molar-refractivity contribution in [3.63, 3.8) is 0 Å². The molecule has 0 spiro atoms. The van der Waals surface area contributed by atoms with Gasteiger partial charge in [-0.25, -0.2) is 0 Å². The molecule has 1 heterocycles. The molecule has 2 atom stereocenters. The van der Waals surface area contributed by atoms with Crippen LogP contribution in [0.2, 0.25) is 0 Å². The van der Waals surface area contributed by atoms with Gasteiger partial charge in [-0.15, -0.1) is 0 Å². The maximum Gasteiger partial charge on any atom is 0.137 e. The molecule has 0 N–H and O–H groups in total. The Morgan fingerprint density at radius 2 is 2.13 bits per heavy atom. The molecule has 2 rings (SSSR count). The van der Waals surface area contributed by atoms with Crippen LogP contribution in [0.3, 0.4) is 0 Å². The molecular weight excluding hydrogens is 186 g/mol. The molecule has 2 heteroatoms. The Labute approximate surface area is 93.0 Å². The molecule has 1 aliphatic carbocycles. The molecule has 0 aromatic rings. The van der Waals surface area contributed by atoms with Crippen LogP contribution in [0.1, 0.15) is 51.9 Å². The zero-order chi connectivity index (χ0) is 10.7. The number of carbonyl (C=O) groups is 1. The minimum Gasteiger partial charge on any atom is -0.300 e. The fourth-order valence-corrected chi connectivity index (χ4v) is 3.13. The van der Waals surface area contributed by atoms with Gasteiger partial charge in [0.2, 0.25) is 0 Å². The van der Waals surface area contributed by atoms with E-state index in [4.69, 9.17) is 0 Å². The summed E-state index contributed by atoms with van der Waals surface area (Å²) in [4.78, 5) is 14.3. The lowest BCUT2D eigenvalue weighted by Crippen LogP contribution is -2.37. The molecule has 2 fully saturated rings. The van der Waals surface area contributed by atoms with Gasteiger partial charge >= 0.3 is 0 Å². The lowest BCUT2D eigenvalue weighted by molar-refractivity contribution is -0.125. The van der Waals surface area contributed by atoms with E-state index in [9.17, 15) is 4.79 Å². The number of rotatable bonds is 3. The van der Waals surface area contributed by atoms with E-state index in [1.165, 1.54) is 32.2 Å². The summed E-state index contributed by atoms with van der Waals surface area (Å²) < 4.78 is 0. The second-order valence-corrected chi connectivity index (χ2v) is 5.11. The first-order valence-electron chi connectivity index (χ1n) is 6.58. The van der Waals surface area contributed by atoms with E-state index in [0.29, 0.717) is 11.7 Å². The van der Waals surface area contributed by atoms with Crippen molar-refractivity contribution >= 4 is 5.78 Å². The fourth-order valence-electron chi connectivity index (χ4n) is 3.13. The molecule has 0 aromatic heterocycles. The predicted molar refractivity (Wildman–Crippen MR) is 61.9 cm³/mol. The molecule has 1 saturated heterocycles. The Balaban J connectivity index is 1.86. The van der Waals surface area contributed by atoms with Gasteiger partial charge in [-0.3, -0.25) is 9.69 Å². The van der Waals surface area contributed by atoms with Crippen molar-refractivity contribution in [2.75, 3.05) is 13.1 Å². The highest BCUT2D eigenvalue weighted by molar-refractivity contribution is 5.81. The van der Waals surface area contributed by atoms with Crippen LogP contribution in [-0.2, 0) is 4.79 Å². The first-order valence-corrected chi connectivity index (χ1v) is 6.58. The summed E-state index contributed by atoms with van der Waals surface area (Å²) in [6.07, 6.45) is 8.31. The van der Waals surface area contributed by atoms with Crippen LogP contribution >= 0.6 is 0 Å². The minimum atomic E-state index is 0.367. The van der Waals surface area contributed by atoms with E-state index < -0.39 is 0 Å². The smallest absolute Gasteiger partial charge is 0.137 e. The Kier molecular flexibility index (Phi) is 3.79. The van der Waals surface area contributed by atoms with Crippen LogP contribution in [-0.4, -0.2) is 29.8 Å². The lowest BCUT2D eigenvalue weighted by Gasteiger charge is -2.29. The Bertz CT molecular complexity index is 227. The van der Waals surface area contributed by atoms with Crippen LogP contribution in [0.4, 0.5) is 0 Å². The number of Topliss-reactive ketones (excluding diaryl/α,β-unsaturated/α-hetero) is 1. The average molecular weight is 209 g/mol. The molecule has 86 valence electrons. The van der Waals surface area contributed by atoms with Gasteiger partial charge in [0.25, 0.3) is 0 Å². The van der Waals surface area contributed by atoms with Crippen LogP contribution < -0.4 is 0 Å². The molecular formula is C13H23NO. The monoisotopic (exact) mass is 209 g/mol. The topological polar surface area (TPSA) is 20.3 Å². The van der Waals surface area contributed by atoms with Gasteiger partial charge in [-0.2, -0.15) is 0 Å². The summed E-state index contributed by atoms with van der Waals surface area (Å²) in [5.41, 5.74) is 0. The molecule has 0 amide bonds. The van der Waals surface area contributed by atoms with Gasteiger partial charge in [0.15, 0.2) is 0 Å². The van der Waals surface area contributed by atoms with Crippen molar-refractivity contribution in [3.8, 4) is 0 Å². The molecule has 2 unspecified atom stereocenters. The van der Waals surface area contributed by atoms with Crippen molar-refractivity contribution in [2.24, 2.45) is 5.92 Å². The van der Waals surface area contributed by atoms with Crippen molar-refractivity contribution < 1.29 is 4.79 Å². The summed E-state index contributed by atoms with van der Waals surface area (Å²) in [5, 5.41) is 0.